The Kier molecular flexibility index (Phi) is 8.02. The van der Waals surface area contributed by atoms with Gasteiger partial charge in [-0.3, -0.25) is 4.90 Å². The summed E-state index contributed by atoms with van der Waals surface area (Å²) in [4.78, 5) is 24.8. The minimum atomic E-state index is -1.12. The summed E-state index contributed by atoms with van der Waals surface area (Å²) in [6, 6.07) is -0.122. The maximum atomic E-state index is 12.5. The molecule has 4 rings (SSSR count). The third kappa shape index (κ3) is 5.35. The van der Waals surface area contributed by atoms with Crippen LogP contribution in [0.1, 0.15) is 40.0 Å². The molecule has 32 heavy (non-hydrogen) atoms. The van der Waals surface area contributed by atoms with Crippen molar-refractivity contribution in [3.63, 3.8) is 0 Å². The number of carboxylic acid groups (broad SMARTS) is 1. The zero-order chi connectivity index (χ0) is 22.4. The normalized spacial score (nSPS) is 38.2. The first-order valence-electron chi connectivity index (χ1n) is 11.0. The Bertz CT molecular complexity index is 749. The number of carbonyl (C=O) groups is 2. The Morgan fingerprint density at radius 2 is 2.00 bits per heavy atom. The number of nitrogens with one attached hydrogen (secondary N) is 1. The summed E-state index contributed by atoms with van der Waals surface area (Å²) in [6.45, 7) is 7.76. The van der Waals surface area contributed by atoms with Crippen LogP contribution in [0.2, 0.25) is 0 Å². The molecule has 4 aliphatic rings. The maximum Gasteiger partial charge on any atom is 1.00 e. The Morgan fingerprint density at radius 3 is 2.56 bits per heavy atom. The van der Waals surface area contributed by atoms with Crippen LogP contribution in [0.4, 0.5) is 4.79 Å². The maximum absolute atomic E-state index is 12.5. The number of hydrogen-bond acceptors (Lipinski definition) is 8. The van der Waals surface area contributed by atoms with Crippen molar-refractivity contribution in [2.75, 3.05) is 33.4 Å². The average molecular weight is 461 g/mol. The van der Waals surface area contributed by atoms with E-state index in [-0.39, 0.29) is 71.5 Å². The summed E-state index contributed by atoms with van der Waals surface area (Å²) in [5.41, 5.74) is 0.625. The molecule has 1 aliphatic carbocycles. The molecule has 1 saturated carbocycles. The second kappa shape index (κ2) is 9.90. The summed E-state index contributed by atoms with van der Waals surface area (Å²) in [7, 11) is 1.65. The van der Waals surface area contributed by atoms with Gasteiger partial charge in [-0.05, 0) is 40.0 Å². The molecule has 0 aromatic carbocycles. The van der Waals surface area contributed by atoms with E-state index in [0.717, 1.165) is 12.8 Å². The summed E-state index contributed by atoms with van der Waals surface area (Å²) in [5.74, 6) is -1.14. The van der Waals surface area contributed by atoms with E-state index in [4.69, 9.17) is 18.9 Å². The molecule has 3 heterocycles. The topological polar surface area (TPSA) is 116 Å². The van der Waals surface area contributed by atoms with Gasteiger partial charge in [0.15, 0.2) is 0 Å². The smallest absolute Gasteiger partial charge is 0.549 e. The van der Waals surface area contributed by atoms with Crippen molar-refractivity contribution in [2.45, 2.75) is 75.6 Å². The standard InChI is InChI=1S/C22H34N2O7.Na/c1-13(2)5-6-16-21(3,31-16)19-18(28-4)15(7-8-22(19)12-29-22)30-20(27)23-14-9-24(10-14)11-17(25)26;/h5,14-16,18-19H,6-12H2,1-4H3,(H,23,27)(H,25,26);/q;+1/p-1/t15-,16-,18-,19-,21+,22+;/m1./s1. The zero-order valence-electron chi connectivity index (χ0n) is 19.7. The van der Waals surface area contributed by atoms with Crippen LogP contribution >= 0.6 is 0 Å². The van der Waals surface area contributed by atoms with Crippen molar-refractivity contribution in [3.05, 3.63) is 11.6 Å². The number of ether oxygens (including phenoxy) is 4. The fraction of sp³-hybridized carbons (Fsp3) is 0.818. The molecule has 174 valence electrons. The molecule has 0 aromatic heterocycles. The third-order valence-corrected chi connectivity index (χ3v) is 7.13. The molecule has 10 heteroatoms. The first-order valence-corrected chi connectivity index (χ1v) is 11.0. The molecule has 3 saturated heterocycles. The van der Waals surface area contributed by atoms with E-state index in [1.807, 2.05) is 0 Å². The second-order valence-corrected chi connectivity index (χ2v) is 9.73. The summed E-state index contributed by atoms with van der Waals surface area (Å²) >= 11 is 0. The number of alkyl carbamates (subject to hydrolysis) is 1. The van der Waals surface area contributed by atoms with E-state index >= 15 is 0 Å². The van der Waals surface area contributed by atoms with Gasteiger partial charge in [0.1, 0.15) is 23.4 Å². The van der Waals surface area contributed by atoms with Gasteiger partial charge in [-0.1, -0.05) is 11.6 Å². The number of rotatable bonds is 8. The number of hydrogen-bond donors (Lipinski definition) is 1. The molecule has 0 radical (unpaired) electrons. The summed E-state index contributed by atoms with van der Waals surface area (Å²) < 4.78 is 23.7. The largest absolute Gasteiger partial charge is 1.00 e. The van der Waals surface area contributed by atoms with Crippen LogP contribution in [0, 0.1) is 5.92 Å². The van der Waals surface area contributed by atoms with Crippen molar-refractivity contribution in [1.29, 1.82) is 0 Å². The quantitative estimate of drug-likeness (QED) is 0.235. The van der Waals surface area contributed by atoms with Crippen molar-refractivity contribution in [1.82, 2.24) is 10.2 Å². The van der Waals surface area contributed by atoms with Crippen LogP contribution < -0.4 is 40.0 Å². The molecule has 1 amide bonds. The summed E-state index contributed by atoms with van der Waals surface area (Å²) in [5, 5.41) is 13.4. The molecular weight excluding hydrogens is 427 g/mol. The molecule has 6 atom stereocenters. The average Bonchev–Trinajstić information content (AvgIpc) is 3.57. The minimum Gasteiger partial charge on any atom is -0.549 e. The number of epoxide rings is 2. The van der Waals surface area contributed by atoms with Crippen LogP contribution in [-0.2, 0) is 23.7 Å². The molecule has 3 aliphatic heterocycles. The second-order valence-electron chi connectivity index (χ2n) is 9.73. The van der Waals surface area contributed by atoms with Gasteiger partial charge in [0, 0.05) is 26.7 Å². The number of carbonyl (C=O) groups excluding carboxylic acids is 2. The van der Waals surface area contributed by atoms with Crippen LogP contribution in [-0.4, -0.2) is 85.9 Å². The monoisotopic (exact) mass is 460 g/mol. The minimum absolute atomic E-state index is 0. The van der Waals surface area contributed by atoms with Gasteiger partial charge in [0.2, 0.25) is 0 Å². The van der Waals surface area contributed by atoms with E-state index in [0.29, 0.717) is 26.1 Å². The molecule has 0 aromatic rings. The van der Waals surface area contributed by atoms with Gasteiger partial charge in [-0.25, -0.2) is 4.79 Å². The Labute approximate surface area is 211 Å². The van der Waals surface area contributed by atoms with Crippen LogP contribution in [0.25, 0.3) is 0 Å². The van der Waals surface area contributed by atoms with E-state index in [2.05, 4.69) is 32.2 Å². The molecular formula is C22H33N2NaO7. The predicted octanol–water partition coefficient (Wildman–Crippen LogP) is -2.77. The molecule has 9 nitrogen and oxygen atoms in total. The number of methoxy groups -OCH3 is 1. The van der Waals surface area contributed by atoms with Crippen molar-refractivity contribution < 1.29 is 63.2 Å². The van der Waals surface area contributed by atoms with Crippen molar-refractivity contribution >= 4 is 12.1 Å². The van der Waals surface area contributed by atoms with E-state index in [1.54, 1.807) is 12.0 Å². The van der Waals surface area contributed by atoms with Gasteiger partial charge in [-0.15, -0.1) is 0 Å². The number of amides is 1. The molecule has 0 bridgehead atoms. The predicted molar refractivity (Wildman–Crippen MR) is 108 cm³/mol. The number of nitrogens with zero attached hydrogens (tertiary/aromatic N) is 1. The first-order chi connectivity index (χ1) is 14.7. The number of carboxylic acids is 1. The Hall–Kier alpha value is -0.680. The summed E-state index contributed by atoms with van der Waals surface area (Å²) in [6.07, 6.45) is 3.38. The number of aliphatic carboxylic acids is 1. The fourth-order valence-corrected chi connectivity index (χ4v) is 5.38. The third-order valence-electron chi connectivity index (χ3n) is 7.13. The van der Waals surface area contributed by atoms with Crippen LogP contribution in [0.3, 0.4) is 0 Å². The van der Waals surface area contributed by atoms with E-state index < -0.39 is 18.2 Å². The van der Waals surface area contributed by atoms with E-state index in [1.165, 1.54) is 5.57 Å². The van der Waals surface area contributed by atoms with Crippen molar-refractivity contribution in [2.24, 2.45) is 5.92 Å². The van der Waals surface area contributed by atoms with Gasteiger partial charge >= 0.3 is 35.7 Å². The van der Waals surface area contributed by atoms with Crippen LogP contribution in [0.5, 0.6) is 0 Å². The Balaban J connectivity index is 0.00000289. The molecule has 0 unspecified atom stereocenters. The molecule has 1 N–H and O–H groups in total. The SMILES string of the molecule is CO[C@@H]1[C@H](OC(=O)NC2CN(CC(=O)[O-])C2)CC[C@]2(CO2)[C@H]1[C@@]1(C)O[C@@H]1CC=C(C)C.[Na+]. The Morgan fingerprint density at radius 1 is 1.31 bits per heavy atom. The molecule has 4 fully saturated rings. The van der Waals surface area contributed by atoms with Gasteiger partial charge < -0.3 is 34.2 Å². The molecule has 1 spiro atoms. The number of likely N-dealkylation sites (tertiary alicyclic amines) is 1. The first kappa shape index (κ1) is 25.9. The van der Waals surface area contributed by atoms with Crippen molar-refractivity contribution in [3.8, 4) is 0 Å². The van der Waals surface area contributed by atoms with Crippen LogP contribution in [0.15, 0.2) is 11.6 Å². The van der Waals surface area contributed by atoms with E-state index in [9.17, 15) is 14.7 Å². The number of allylic oxidation sites excluding steroid dienone is 1. The fourth-order valence-electron chi connectivity index (χ4n) is 5.38. The van der Waals surface area contributed by atoms with Gasteiger partial charge in [-0.2, -0.15) is 0 Å². The zero-order valence-corrected chi connectivity index (χ0v) is 21.7. The van der Waals surface area contributed by atoms with Gasteiger partial charge in [0.25, 0.3) is 0 Å². The van der Waals surface area contributed by atoms with Gasteiger partial charge in [0.05, 0.1) is 30.6 Å².